The molecule has 0 aromatic heterocycles. The predicted octanol–water partition coefficient (Wildman–Crippen LogP) is 2.83. The van der Waals surface area contributed by atoms with E-state index >= 15 is 0 Å². The maximum Gasteiger partial charge on any atom is 0.177 e. The molecule has 1 atom stereocenters. The number of hydrogen-bond donors (Lipinski definition) is 1. The summed E-state index contributed by atoms with van der Waals surface area (Å²) in [6.45, 7) is 4.62. The molecule has 1 aromatic carbocycles. The average Bonchev–Trinajstić information content (AvgIpc) is 2.16. The second kappa shape index (κ2) is 4.84. The average molecular weight is 197 g/mol. The molecule has 0 saturated heterocycles. The Balaban J connectivity index is 2.66. The third-order valence-corrected chi connectivity index (χ3v) is 2.21. The van der Waals surface area contributed by atoms with Crippen LogP contribution in [0, 0.1) is 11.7 Å². The molecule has 0 heterocycles. The van der Waals surface area contributed by atoms with Crippen molar-refractivity contribution in [3.05, 3.63) is 24.0 Å². The van der Waals surface area contributed by atoms with E-state index in [1.54, 1.807) is 12.1 Å². The topological polar surface area (TPSA) is 35.2 Å². The first-order valence-corrected chi connectivity index (χ1v) is 4.82. The molecule has 0 fully saturated rings. The van der Waals surface area contributed by atoms with Crippen LogP contribution in [0.1, 0.15) is 20.3 Å². The zero-order chi connectivity index (χ0) is 10.6. The predicted molar refractivity (Wildman–Crippen MR) is 55.8 cm³/mol. The van der Waals surface area contributed by atoms with E-state index in [0.717, 1.165) is 6.42 Å². The maximum absolute atomic E-state index is 13.2. The highest BCUT2D eigenvalue weighted by Crippen LogP contribution is 2.25. The first kappa shape index (κ1) is 10.8. The van der Waals surface area contributed by atoms with Gasteiger partial charge in [0.15, 0.2) is 11.6 Å². The quantitative estimate of drug-likeness (QED) is 0.753. The van der Waals surface area contributed by atoms with Crippen molar-refractivity contribution in [3.63, 3.8) is 0 Å². The fourth-order valence-electron chi connectivity index (χ4n) is 1.02. The summed E-state index contributed by atoms with van der Waals surface area (Å²) in [5.74, 6) is 0.190. The van der Waals surface area contributed by atoms with Crippen molar-refractivity contribution >= 4 is 5.69 Å². The van der Waals surface area contributed by atoms with Crippen molar-refractivity contribution in [1.82, 2.24) is 0 Å². The molecule has 0 saturated carbocycles. The summed E-state index contributed by atoms with van der Waals surface area (Å²) in [5, 5.41) is 0. The monoisotopic (exact) mass is 197 g/mol. The number of halogens is 1. The van der Waals surface area contributed by atoms with Crippen LogP contribution in [0.15, 0.2) is 18.2 Å². The molecule has 0 spiro atoms. The van der Waals surface area contributed by atoms with Gasteiger partial charge in [-0.1, -0.05) is 26.3 Å². The largest absolute Gasteiger partial charge is 0.488 e. The van der Waals surface area contributed by atoms with Crippen LogP contribution < -0.4 is 10.5 Å². The van der Waals surface area contributed by atoms with Gasteiger partial charge in [-0.3, -0.25) is 0 Å². The molecule has 0 aliphatic carbocycles. The smallest absolute Gasteiger partial charge is 0.177 e. The van der Waals surface area contributed by atoms with Gasteiger partial charge in [-0.2, -0.15) is 0 Å². The Morgan fingerprint density at radius 2 is 2.21 bits per heavy atom. The van der Waals surface area contributed by atoms with Crippen LogP contribution in [0.25, 0.3) is 0 Å². The van der Waals surface area contributed by atoms with Crippen molar-refractivity contribution in [2.75, 3.05) is 12.3 Å². The van der Waals surface area contributed by atoms with Gasteiger partial charge in [0.05, 0.1) is 12.3 Å². The summed E-state index contributed by atoms with van der Waals surface area (Å²) < 4.78 is 18.5. The molecule has 78 valence electrons. The van der Waals surface area contributed by atoms with E-state index < -0.39 is 5.82 Å². The Hall–Kier alpha value is -1.25. The minimum Gasteiger partial charge on any atom is -0.488 e. The molecule has 0 aliphatic rings. The number of rotatable bonds is 4. The third-order valence-electron chi connectivity index (χ3n) is 2.21. The maximum atomic E-state index is 13.2. The van der Waals surface area contributed by atoms with Crippen molar-refractivity contribution in [3.8, 4) is 5.75 Å². The van der Waals surface area contributed by atoms with Crippen molar-refractivity contribution in [2.24, 2.45) is 5.92 Å². The highest BCUT2D eigenvalue weighted by Gasteiger charge is 2.08. The molecule has 2 nitrogen and oxygen atoms in total. The van der Waals surface area contributed by atoms with Gasteiger partial charge >= 0.3 is 0 Å². The van der Waals surface area contributed by atoms with Crippen molar-refractivity contribution in [2.45, 2.75) is 20.3 Å². The summed E-state index contributed by atoms with van der Waals surface area (Å²) in [4.78, 5) is 0. The molecule has 0 amide bonds. The molecule has 0 radical (unpaired) electrons. The van der Waals surface area contributed by atoms with Crippen LogP contribution in [0.3, 0.4) is 0 Å². The first-order chi connectivity index (χ1) is 6.65. The molecule has 0 aliphatic heterocycles. The van der Waals surface area contributed by atoms with Crippen LogP contribution in [-0.2, 0) is 0 Å². The van der Waals surface area contributed by atoms with E-state index in [1.165, 1.54) is 6.07 Å². The Morgan fingerprint density at radius 1 is 1.50 bits per heavy atom. The molecular weight excluding hydrogens is 181 g/mol. The number of anilines is 1. The van der Waals surface area contributed by atoms with Gasteiger partial charge in [0, 0.05) is 0 Å². The van der Waals surface area contributed by atoms with E-state index in [2.05, 4.69) is 13.8 Å². The molecule has 1 aromatic rings. The zero-order valence-corrected chi connectivity index (χ0v) is 8.59. The standard InChI is InChI=1S/C11H16FNO/c1-3-8(2)7-14-11-9(12)5-4-6-10(11)13/h4-6,8H,3,7,13H2,1-2H3. The van der Waals surface area contributed by atoms with Crippen LogP contribution in [0.2, 0.25) is 0 Å². The normalized spacial score (nSPS) is 12.5. The fraction of sp³-hybridized carbons (Fsp3) is 0.455. The molecule has 1 rings (SSSR count). The lowest BCUT2D eigenvalue weighted by Crippen LogP contribution is -2.09. The van der Waals surface area contributed by atoms with Gasteiger partial charge < -0.3 is 10.5 Å². The summed E-state index contributed by atoms with van der Waals surface area (Å²) in [5.41, 5.74) is 5.94. The lowest BCUT2D eigenvalue weighted by Gasteiger charge is -2.12. The molecule has 0 bridgehead atoms. The second-order valence-corrected chi connectivity index (χ2v) is 3.48. The Bertz CT molecular complexity index is 281. The van der Waals surface area contributed by atoms with Crippen LogP contribution in [0.4, 0.5) is 10.1 Å². The van der Waals surface area contributed by atoms with Gasteiger partial charge in [0.2, 0.25) is 0 Å². The summed E-state index contributed by atoms with van der Waals surface area (Å²) in [6, 6.07) is 4.55. The molecule has 3 heteroatoms. The lowest BCUT2D eigenvalue weighted by atomic mass is 10.1. The molecule has 2 N–H and O–H groups in total. The van der Waals surface area contributed by atoms with Crippen LogP contribution in [-0.4, -0.2) is 6.61 Å². The number of benzene rings is 1. The lowest BCUT2D eigenvalue weighted by molar-refractivity contribution is 0.247. The summed E-state index contributed by atoms with van der Waals surface area (Å²) >= 11 is 0. The fourth-order valence-corrected chi connectivity index (χ4v) is 1.02. The van der Waals surface area contributed by atoms with E-state index in [9.17, 15) is 4.39 Å². The number of nitrogen functional groups attached to an aromatic ring is 1. The van der Waals surface area contributed by atoms with Crippen molar-refractivity contribution in [1.29, 1.82) is 0 Å². The number of para-hydroxylation sites is 1. The zero-order valence-electron chi connectivity index (χ0n) is 8.59. The van der Waals surface area contributed by atoms with E-state index in [4.69, 9.17) is 10.5 Å². The second-order valence-electron chi connectivity index (χ2n) is 3.48. The minimum absolute atomic E-state index is 0.174. The van der Waals surface area contributed by atoms with Gasteiger partial charge in [-0.15, -0.1) is 0 Å². The number of hydrogen-bond acceptors (Lipinski definition) is 2. The van der Waals surface area contributed by atoms with E-state index in [1.807, 2.05) is 0 Å². The SMILES string of the molecule is CCC(C)COc1c(N)cccc1F. The van der Waals surface area contributed by atoms with Crippen LogP contribution in [0.5, 0.6) is 5.75 Å². The van der Waals surface area contributed by atoms with Crippen LogP contribution >= 0.6 is 0 Å². The Morgan fingerprint density at radius 3 is 2.79 bits per heavy atom. The number of nitrogens with two attached hydrogens (primary N) is 1. The third kappa shape index (κ3) is 2.62. The molecule has 1 unspecified atom stereocenters. The van der Waals surface area contributed by atoms with Gasteiger partial charge in [-0.25, -0.2) is 4.39 Å². The van der Waals surface area contributed by atoms with E-state index in [0.29, 0.717) is 18.2 Å². The summed E-state index contributed by atoms with van der Waals surface area (Å²) in [6.07, 6.45) is 1.01. The van der Waals surface area contributed by atoms with Gasteiger partial charge in [0.1, 0.15) is 0 Å². The van der Waals surface area contributed by atoms with Gasteiger partial charge in [-0.05, 0) is 18.1 Å². The number of ether oxygens (including phenoxy) is 1. The van der Waals surface area contributed by atoms with Crippen molar-refractivity contribution < 1.29 is 9.13 Å². The Kier molecular flexibility index (Phi) is 3.74. The molecular formula is C11H16FNO. The highest BCUT2D eigenvalue weighted by molar-refractivity contribution is 5.52. The van der Waals surface area contributed by atoms with E-state index in [-0.39, 0.29) is 5.75 Å². The summed E-state index contributed by atoms with van der Waals surface area (Å²) in [7, 11) is 0. The molecule has 14 heavy (non-hydrogen) atoms. The minimum atomic E-state index is -0.395. The Labute approximate surface area is 83.9 Å². The first-order valence-electron chi connectivity index (χ1n) is 4.82. The van der Waals surface area contributed by atoms with Gasteiger partial charge in [0.25, 0.3) is 0 Å². The highest BCUT2D eigenvalue weighted by atomic mass is 19.1.